The van der Waals surface area contributed by atoms with Gasteiger partial charge < -0.3 is 5.32 Å². The van der Waals surface area contributed by atoms with Crippen LogP contribution in [0, 0.1) is 0 Å². The number of rotatable bonds is 3. The normalized spacial score (nSPS) is 19.5. The number of nitrogens with one attached hydrogen (secondary N) is 1. The highest BCUT2D eigenvalue weighted by Gasteiger charge is 2.36. The minimum atomic E-state index is -4.57. The minimum Gasteiger partial charge on any atom is -0.367 e. The molecule has 0 amide bonds. The topological polar surface area (TPSA) is 37.8 Å². The highest BCUT2D eigenvalue weighted by molar-refractivity contribution is 7.98. The van der Waals surface area contributed by atoms with Crippen LogP contribution in [0.25, 0.3) is 0 Å². The Kier molecular flexibility index (Phi) is 4.60. The fraction of sp³-hybridized carbons (Fsp3) is 0.667. The van der Waals surface area contributed by atoms with Crippen molar-refractivity contribution in [3.63, 3.8) is 0 Å². The fourth-order valence-corrected chi connectivity index (χ4v) is 2.51. The summed E-state index contributed by atoms with van der Waals surface area (Å²) in [5.74, 6) is -2.65. The molecule has 0 saturated heterocycles. The summed E-state index contributed by atoms with van der Waals surface area (Å²) in [6.07, 6.45) is -3.13. The minimum absolute atomic E-state index is 0.00605. The van der Waals surface area contributed by atoms with Crippen molar-refractivity contribution in [3.8, 4) is 0 Å². The first-order valence-electron chi connectivity index (χ1n) is 6.34. The molecule has 1 N–H and O–H groups in total. The number of anilines is 1. The van der Waals surface area contributed by atoms with Gasteiger partial charge in [0.2, 0.25) is 5.92 Å². The highest BCUT2D eigenvalue weighted by atomic mass is 32.2. The molecule has 1 aromatic heterocycles. The molecule has 0 bridgehead atoms. The van der Waals surface area contributed by atoms with E-state index in [4.69, 9.17) is 0 Å². The third-order valence-corrected chi connectivity index (χ3v) is 3.80. The van der Waals surface area contributed by atoms with Crippen molar-refractivity contribution in [1.82, 2.24) is 9.97 Å². The Morgan fingerprint density at radius 2 is 1.86 bits per heavy atom. The second-order valence-corrected chi connectivity index (χ2v) is 5.67. The van der Waals surface area contributed by atoms with E-state index in [1.165, 1.54) is 0 Å². The first kappa shape index (κ1) is 16.3. The van der Waals surface area contributed by atoms with Crippen LogP contribution in [0.15, 0.2) is 11.2 Å². The Morgan fingerprint density at radius 3 is 2.38 bits per heavy atom. The van der Waals surface area contributed by atoms with Gasteiger partial charge >= 0.3 is 6.18 Å². The van der Waals surface area contributed by atoms with E-state index in [1.54, 1.807) is 6.26 Å². The molecule has 9 heteroatoms. The van der Waals surface area contributed by atoms with Gasteiger partial charge in [0.15, 0.2) is 10.9 Å². The van der Waals surface area contributed by atoms with Crippen LogP contribution >= 0.6 is 11.8 Å². The summed E-state index contributed by atoms with van der Waals surface area (Å²) in [5.41, 5.74) is -1.04. The third-order valence-electron chi connectivity index (χ3n) is 3.25. The molecule has 2 rings (SSSR count). The second-order valence-electron chi connectivity index (χ2n) is 4.90. The number of halogens is 5. The highest BCUT2D eigenvalue weighted by Crippen LogP contribution is 2.35. The number of thioether (sulfide) groups is 1. The van der Waals surface area contributed by atoms with Crippen LogP contribution in [0.2, 0.25) is 0 Å². The first-order valence-corrected chi connectivity index (χ1v) is 7.57. The molecule has 0 radical (unpaired) electrons. The number of hydrogen-bond acceptors (Lipinski definition) is 4. The first-order chi connectivity index (χ1) is 9.69. The van der Waals surface area contributed by atoms with Gasteiger partial charge in [-0.1, -0.05) is 11.8 Å². The molecule has 0 atom stereocenters. The van der Waals surface area contributed by atoms with Gasteiger partial charge in [0.25, 0.3) is 0 Å². The predicted molar refractivity (Wildman–Crippen MR) is 69.6 cm³/mol. The van der Waals surface area contributed by atoms with E-state index in [2.05, 4.69) is 15.3 Å². The maximum Gasteiger partial charge on any atom is 0.433 e. The molecule has 3 nitrogen and oxygen atoms in total. The van der Waals surface area contributed by atoms with Crippen LogP contribution < -0.4 is 5.32 Å². The van der Waals surface area contributed by atoms with Crippen molar-refractivity contribution in [2.75, 3.05) is 11.6 Å². The lowest BCUT2D eigenvalue weighted by Gasteiger charge is -2.29. The molecule has 1 fully saturated rings. The van der Waals surface area contributed by atoms with Crippen LogP contribution in [-0.4, -0.2) is 28.2 Å². The van der Waals surface area contributed by atoms with Gasteiger partial charge in [-0.05, 0) is 19.1 Å². The summed E-state index contributed by atoms with van der Waals surface area (Å²) >= 11 is 0.993. The number of hydrogen-bond donors (Lipinski definition) is 1. The molecule has 0 aromatic carbocycles. The van der Waals surface area contributed by atoms with Gasteiger partial charge in [-0.25, -0.2) is 18.7 Å². The van der Waals surface area contributed by atoms with Crippen molar-refractivity contribution < 1.29 is 22.0 Å². The zero-order valence-electron chi connectivity index (χ0n) is 11.2. The van der Waals surface area contributed by atoms with E-state index in [-0.39, 0.29) is 42.7 Å². The fourth-order valence-electron chi connectivity index (χ4n) is 2.13. The van der Waals surface area contributed by atoms with Gasteiger partial charge in [0.1, 0.15) is 5.82 Å². The smallest absolute Gasteiger partial charge is 0.367 e. The molecule has 0 spiro atoms. The second kappa shape index (κ2) is 5.94. The summed E-state index contributed by atoms with van der Waals surface area (Å²) in [4.78, 5) is 7.36. The quantitative estimate of drug-likeness (QED) is 0.513. The zero-order chi connectivity index (χ0) is 15.7. The SMILES string of the molecule is CSc1nc(NC2CCC(F)(F)CC2)cc(C(F)(F)F)n1. The van der Waals surface area contributed by atoms with Gasteiger partial charge in [0, 0.05) is 24.9 Å². The lowest BCUT2D eigenvalue weighted by molar-refractivity contribution is -0.141. The van der Waals surface area contributed by atoms with Gasteiger partial charge in [0.05, 0.1) is 0 Å². The summed E-state index contributed by atoms with van der Waals surface area (Å²) in [6.45, 7) is 0. The number of alkyl halides is 5. The lowest BCUT2D eigenvalue weighted by Crippen LogP contribution is -2.32. The van der Waals surface area contributed by atoms with Crippen LogP contribution in [-0.2, 0) is 6.18 Å². The number of nitrogens with zero attached hydrogens (tertiary/aromatic N) is 2. The Hall–Kier alpha value is -1.12. The molecule has 118 valence electrons. The average molecular weight is 327 g/mol. The van der Waals surface area contributed by atoms with E-state index in [0.717, 1.165) is 17.8 Å². The standard InChI is InChI=1S/C12H14F5N3S/c1-21-10-19-8(12(15,16)17)6-9(20-10)18-7-2-4-11(13,14)5-3-7/h6-7H,2-5H2,1H3,(H,18,19,20). The Balaban J connectivity index is 2.13. The monoisotopic (exact) mass is 327 g/mol. The summed E-state index contributed by atoms with van der Waals surface area (Å²) in [5, 5.41) is 2.80. The summed E-state index contributed by atoms with van der Waals surface area (Å²) < 4.78 is 64.3. The van der Waals surface area contributed by atoms with E-state index >= 15 is 0 Å². The van der Waals surface area contributed by atoms with Crippen molar-refractivity contribution in [2.24, 2.45) is 0 Å². The van der Waals surface area contributed by atoms with Crippen LogP contribution in [0.1, 0.15) is 31.4 Å². The average Bonchev–Trinajstić information content (AvgIpc) is 2.40. The van der Waals surface area contributed by atoms with E-state index < -0.39 is 17.8 Å². The molecule has 1 aromatic rings. The van der Waals surface area contributed by atoms with Gasteiger partial charge in [-0.3, -0.25) is 0 Å². The van der Waals surface area contributed by atoms with Gasteiger partial charge in [-0.2, -0.15) is 13.2 Å². The number of aromatic nitrogens is 2. The summed E-state index contributed by atoms with van der Waals surface area (Å²) in [7, 11) is 0. The maximum absolute atomic E-state index is 13.1. The zero-order valence-corrected chi connectivity index (χ0v) is 12.0. The van der Waals surface area contributed by atoms with Crippen LogP contribution in [0.4, 0.5) is 27.8 Å². The van der Waals surface area contributed by atoms with E-state index in [1.807, 2.05) is 0 Å². The molecular formula is C12H14F5N3S. The summed E-state index contributed by atoms with van der Waals surface area (Å²) in [6, 6.07) is 0.516. The molecule has 1 saturated carbocycles. The van der Waals surface area contributed by atoms with Crippen molar-refractivity contribution >= 4 is 17.6 Å². The van der Waals surface area contributed by atoms with Crippen LogP contribution in [0.3, 0.4) is 0 Å². The molecule has 0 aliphatic heterocycles. The Labute approximate surface area is 122 Å². The molecule has 1 heterocycles. The molecule has 1 aliphatic rings. The predicted octanol–water partition coefficient (Wildman–Crippen LogP) is 4.21. The van der Waals surface area contributed by atoms with Crippen molar-refractivity contribution in [1.29, 1.82) is 0 Å². The maximum atomic E-state index is 13.1. The largest absolute Gasteiger partial charge is 0.433 e. The molecule has 0 unspecified atom stereocenters. The van der Waals surface area contributed by atoms with Gasteiger partial charge in [-0.15, -0.1) is 0 Å². The molecular weight excluding hydrogens is 313 g/mol. The van der Waals surface area contributed by atoms with Crippen molar-refractivity contribution in [3.05, 3.63) is 11.8 Å². The van der Waals surface area contributed by atoms with E-state index in [0.29, 0.717) is 0 Å². The third kappa shape index (κ3) is 4.42. The lowest BCUT2D eigenvalue weighted by atomic mass is 9.92. The molecule has 21 heavy (non-hydrogen) atoms. The van der Waals surface area contributed by atoms with Crippen molar-refractivity contribution in [2.45, 2.75) is 49.0 Å². The van der Waals surface area contributed by atoms with Crippen LogP contribution in [0.5, 0.6) is 0 Å². The Bertz CT molecular complexity index is 496. The molecule has 1 aliphatic carbocycles. The van der Waals surface area contributed by atoms with E-state index in [9.17, 15) is 22.0 Å². The Morgan fingerprint density at radius 1 is 1.24 bits per heavy atom.